The normalized spacial score (nSPS) is 13.6. The minimum atomic E-state index is -0.0945. The molecule has 0 saturated heterocycles. The topological polar surface area (TPSA) is 21.3 Å². The summed E-state index contributed by atoms with van der Waals surface area (Å²) >= 11 is 3.45. The van der Waals surface area contributed by atoms with Gasteiger partial charge in [-0.3, -0.25) is 0 Å². The number of ether oxygens (including phenoxy) is 1. The van der Waals surface area contributed by atoms with E-state index in [0.717, 1.165) is 24.0 Å². The Morgan fingerprint density at radius 1 is 1.28 bits per heavy atom. The maximum Gasteiger partial charge on any atom is 0.0750 e. The zero-order valence-corrected chi connectivity index (χ0v) is 13.4. The fraction of sp³-hybridized carbons (Fsp3) is 0.600. The number of nitrogens with one attached hydrogen (secondary N) is 1. The number of rotatable bonds is 7. The van der Waals surface area contributed by atoms with Gasteiger partial charge in [0.05, 0.1) is 5.60 Å². The van der Waals surface area contributed by atoms with Crippen LogP contribution in [0.1, 0.15) is 33.3 Å². The molecule has 1 N–H and O–H groups in total. The summed E-state index contributed by atoms with van der Waals surface area (Å²) in [6.45, 7) is 10.1. The molecular formula is C15H24BrNO. The highest BCUT2D eigenvalue weighted by molar-refractivity contribution is 9.10. The van der Waals surface area contributed by atoms with Gasteiger partial charge in [0, 0.05) is 23.7 Å². The molecule has 102 valence electrons. The summed E-state index contributed by atoms with van der Waals surface area (Å²) in [6.07, 6.45) is 1.04. The molecule has 0 aliphatic heterocycles. The van der Waals surface area contributed by atoms with Crippen molar-refractivity contribution in [2.24, 2.45) is 0 Å². The van der Waals surface area contributed by atoms with Crippen LogP contribution in [-0.2, 0) is 11.2 Å². The van der Waals surface area contributed by atoms with Crippen LogP contribution >= 0.6 is 15.9 Å². The first kappa shape index (κ1) is 15.7. The van der Waals surface area contributed by atoms with Crippen molar-refractivity contribution < 1.29 is 4.74 Å². The van der Waals surface area contributed by atoms with E-state index in [1.807, 2.05) is 6.92 Å². The van der Waals surface area contributed by atoms with Gasteiger partial charge in [0.25, 0.3) is 0 Å². The van der Waals surface area contributed by atoms with Crippen LogP contribution in [0.15, 0.2) is 28.7 Å². The van der Waals surface area contributed by atoms with Crippen molar-refractivity contribution in [3.05, 3.63) is 34.3 Å². The Bertz CT molecular complexity index is 348. The van der Waals surface area contributed by atoms with Crippen molar-refractivity contribution >= 4 is 15.9 Å². The predicted octanol–water partition coefficient (Wildman–Crippen LogP) is 3.78. The summed E-state index contributed by atoms with van der Waals surface area (Å²) in [4.78, 5) is 0. The molecular weight excluding hydrogens is 290 g/mol. The molecule has 0 aromatic heterocycles. The first-order chi connectivity index (χ1) is 8.43. The lowest BCUT2D eigenvalue weighted by molar-refractivity contribution is -0.0102. The standard InChI is InChI=1S/C15H24BrNO/c1-5-18-15(3,4)11-17-12(2)10-13-6-8-14(16)9-7-13/h6-9,12,17H,5,10-11H2,1-4H3. The average Bonchev–Trinajstić information content (AvgIpc) is 2.30. The Labute approximate surface area is 119 Å². The number of hydrogen-bond donors (Lipinski definition) is 1. The molecule has 0 amide bonds. The molecule has 1 rings (SSSR count). The first-order valence-corrected chi connectivity index (χ1v) is 7.34. The number of halogens is 1. The lowest BCUT2D eigenvalue weighted by atomic mass is 10.1. The van der Waals surface area contributed by atoms with Gasteiger partial charge < -0.3 is 10.1 Å². The van der Waals surface area contributed by atoms with E-state index in [9.17, 15) is 0 Å². The average molecular weight is 314 g/mol. The molecule has 0 spiro atoms. The summed E-state index contributed by atoms with van der Waals surface area (Å²) in [6, 6.07) is 8.95. The van der Waals surface area contributed by atoms with E-state index in [2.05, 4.69) is 66.3 Å². The smallest absolute Gasteiger partial charge is 0.0750 e. The molecule has 0 bridgehead atoms. The molecule has 1 unspecified atom stereocenters. The van der Waals surface area contributed by atoms with Gasteiger partial charge in [-0.2, -0.15) is 0 Å². The van der Waals surface area contributed by atoms with Gasteiger partial charge >= 0.3 is 0 Å². The Balaban J connectivity index is 2.37. The van der Waals surface area contributed by atoms with E-state index < -0.39 is 0 Å². The lowest BCUT2D eigenvalue weighted by Gasteiger charge is -2.27. The monoisotopic (exact) mass is 313 g/mol. The fourth-order valence-corrected chi connectivity index (χ4v) is 2.17. The largest absolute Gasteiger partial charge is 0.375 e. The Hall–Kier alpha value is -0.380. The number of benzene rings is 1. The van der Waals surface area contributed by atoms with Crippen molar-refractivity contribution in [2.75, 3.05) is 13.2 Å². The third-order valence-electron chi connectivity index (χ3n) is 2.87. The Morgan fingerprint density at radius 2 is 1.89 bits per heavy atom. The van der Waals surface area contributed by atoms with Gasteiger partial charge in [0.1, 0.15) is 0 Å². The summed E-state index contributed by atoms with van der Waals surface area (Å²) in [5.74, 6) is 0. The second-order valence-electron chi connectivity index (χ2n) is 5.31. The van der Waals surface area contributed by atoms with Crippen molar-refractivity contribution in [1.82, 2.24) is 5.32 Å². The van der Waals surface area contributed by atoms with E-state index in [-0.39, 0.29) is 5.60 Å². The van der Waals surface area contributed by atoms with Crippen molar-refractivity contribution in [3.63, 3.8) is 0 Å². The van der Waals surface area contributed by atoms with E-state index in [4.69, 9.17) is 4.74 Å². The van der Waals surface area contributed by atoms with E-state index in [0.29, 0.717) is 6.04 Å². The molecule has 0 radical (unpaired) electrons. The second kappa shape index (κ2) is 7.27. The molecule has 0 aliphatic rings. The molecule has 1 atom stereocenters. The number of hydrogen-bond acceptors (Lipinski definition) is 2. The van der Waals surface area contributed by atoms with Crippen LogP contribution in [0.4, 0.5) is 0 Å². The van der Waals surface area contributed by atoms with Crippen LogP contribution in [0.3, 0.4) is 0 Å². The lowest BCUT2D eigenvalue weighted by Crippen LogP contribution is -2.42. The SMILES string of the molecule is CCOC(C)(C)CNC(C)Cc1ccc(Br)cc1. The molecule has 1 aromatic carbocycles. The molecule has 2 nitrogen and oxygen atoms in total. The van der Waals surface area contributed by atoms with Crippen LogP contribution < -0.4 is 5.32 Å². The summed E-state index contributed by atoms with van der Waals surface area (Å²) in [5.41, 5.74) is 1.26. The van der Waals surface area contributed by atoms with Gasteiger partial charge in [0.15, 0.2) is 0 Å². The Kier molecular flexibility index (Phi) is 6.33. The van der Waals surface area contributed by atoms with Crippen molar-refractivity contribution in [1.29, 1.82) is 0 Å². The van der Waals surface area contributed by atoms with E-state index >= 15 is 0 Å². The van der Waals surface area contributed by atoms with E-state index in [1.54, 1.807) is 0 Å². The van der Waals surface area contributed by atoms with Crippen molar-refractivity contribution in [3.8, 4) is 0 Å². The maximum absolute atomic E-state index is 5.68. The highest BCUT2D eigenvalue weighted by atomic mass is 79.9. The van der Waals surface area contributed by atoms with Crippen LogP contribution in [0.25, 0.3) is 0 Å². The molecule has 0 saturated carbocycles. The third-order valence-corrected chi connectivity index (χ3v) is 3.40. The van der Waals surface area contributed by atoms with Crippen LogP contribution in [0.5, 0.6) is 0 Å². The van der Waals surface area contributed by atoms with Gasteiger partial charge in [-0.1, -0.05) is 28.1 Å². The molecule has 0 fully saturated rings. The van der Waals surface area contributed by atoms with Gasteiger partial charge in [-0.05, 0) is 51.8 Å². The third kappa shape index (κ3) is 5.98. The molecule has 0 aliphatic carbocycles. The van der Waals surface area contributed by atoms with E-state index in [1.165, 1.54) is 5.56 Å². The highest BCUT2D eigenvalue weighted by Crippen LogP contribution is 2.12. The molecule has 3 heteroatoms. The first-order valence-electron chi connectivity index (χ1n) is 6.55. The van der Waals surface area contributed by atoms with Crippen LogP contribution in [0, 0.1) is 0 Å². The Morgan fingerprint density at radius 3 is 2.44 bits per heavy atom. The fourth-order valence-electron chi connectivity index (χ4n) is 1.91. The minimum absolute atomic E-state index is 0.0945. The van der Waals surface area contributed by atoms with Crippen LogP contribution in [0.2, 0.25) is 0 Å². The zero-order chi connectivity index (χ0) is 13.6. The van der Waals surface area contributed by atoms with Crippen molar-refractivity contribution in [2.45, 2.75) is 45.8 Å². The molecule has 1 aromatic rings. The van der Waals surface area contributed by atoms with Gasteiger partial charge in [0.2, 0.25) is 0 Å². The summed E-state index contributed by atoms with van der Waals surface area (Å²) < 4.78 is 6.81. The maximum atomic E-state index is 5.68. The van der Waals surface area contributed by atoms with Gasteiger partial charge in [-0.15, -0.1) is 0 Å². The quantitative estimate of drug-likeness (QED) is 0.827. The summed E-state index contributed by atoms with van der Waals surface area (Å²) in [5, 5.41) is 3.53. The minimum Gasteiger partial charge on any atom is -0.375 e. The zero-order valence-electron chi connectivity index (χ0n) is 11.8. The van der Waals surface area contributed by atoms with Crippen LogP contribution in [-0.4, -0.2) is 24.8 Å². The summed E-state index contributed by atoms with van der Waals surface area (Å²) in [7, 11) is 0. The van der Waals surface area contributed by atoms with Gasteiger partial charge in [-0.25, -0.2) is 0 Å². The molecule has 0 heterocycles. The predicted molar refractivity (Wildman–Crippen MR) is 81.0 cm³/mol. The highest BCUT2D eigenvalue weighted by Gasteiger charge is 2.18. The second-order valence-corrected chi connectivity index (χ2v) is 6.22. The molecule has 18 heavy (non-hydrogen) atoms.